The fraction of sp³-hybridized carbons (Fsp3) is 0.423. The van der Waals surface area contributed by atoms with Crippen molar-refractivity contribution in [2.45, 2.75) is 38.8 Å². The average Bonchev–Trinajstić information content (AvgIpc) is 3.50. The molecular weight excluding hydrogens is 448 g/mol. The molecule has 0 aliphatic carbocycles. The second-order valence-electron chi connectivity index (χ2n) is 8.81. The topological polar surface area (TPSA) is 115 Å². The molecule has 3 aromatic rings. The van der Waals surface area contributed by atoms with E-state index in [0.29, 0.717) is 62.3 Å². The zero-order valence-electron chi connectivity index (χ0n) is 20.1. The Morgan fingerprint density at radius 3 is 2.80 bits per heavy atom. The highest BCUT2D eigenvalue weighted by molar-refractivity contribution is 6.11. The van der Waals surface area contributed by atoms with Crippen molar-refractivity contribution in [2.24, 2.45) is 5.92 Å². The monoisotopic (exact) mass is 480 g/mol. The minimum Gasteiger partial charge on any atom is -0.464 e. The van der Waals surface area contributed by atoms with Gasteiger partial charge in [0.25, 0.3) is 0 Å². The van der Waals surface area contributed by atoms with Crippen molar-refractivity contribution in [3.05, 3.63) is 53.9 Å². The molecule has 1 fully saturated rings. The predicted molar refractivity (Wildman–Crippen MR) is 134 cm³/mol. The molecule has 9 nitrogen and oxygen atoms in total. The van der Waals surface area contributed by atoms with E-state index in [1.807, 2.05) is 41.0 Å². The second-order valence-corrected chi connectivity index (χ2v) is 8.81. The third-order valence-corrected chi connectivity index (χ3v) is 6.18. The van der Waals surface area contributed by atoms with Gasteiger partial charge in [-0.1, -0.05) is 30.3 Å². The lowest BCUT2D eigenvalue weighted by molar-refractivity contribution is -0.119. The number of aliphatic hydroxyl groups is 1. The van der Waals surface area contributed by atoms with Crippen LogP contribution in [0.1, 0.15) is 35.8 Å². The van der Waals surface area contributed by atoms with Crippen LogP contribution in [0.25, 0.3) is 11.0 Å². The Balaban J connectivity index is 1.75. The fourth-order valence-electron chi connectivity index (χ4n) is 4.25. The number of hydrogen-bond donors (Lipinski definition) is 3. The van der Waals surface area contributed by atoms with Gasteiger partial charge in [0.1, 0.15) is 5.65 Å². The summed E-state index contributed by atoms with van der Waals surface area (Å²) in [5.41, 5.74) is 3.09. The summed E-state index contributed by atoms with van der Waals surface area (Å²) in [6.07, 6.45) is 3.16. The maximum absolute atomic E-state index is 13.0. The van der Waals surface area contributed by atoms with Crippen molar-refractivity contribution in [1.29, 1.82) is 0 Å². The van der Waals surface area contributed by atoms with Gasteiger partial charge in [0.05, 0.1) is 43.3 Å². The van der Waals surface area contributed by atoms with Crippen LogP contribution in [0.2, 0.25) is 0 Å². The van der Waals surface area contributed by atoms with E-state index in [1.165, 1.54) is 7.11 Å². The smallest absolute Gasteiger partial charge is 0.356 e. The summed E-state index contributed by atoms with van der Waals surface area (Å²) in [5, 5.41) is 16.4. The van der Waals surface area contributed by atoms with Gasteiger partial charge in [0, 0.05) is 25.1 Å². The van der Waals surface area contributed by atoms with Crippen molar-refractivity contribution < 1.29 is 24.2 Å². The van der Waals surface area contributed by atoms with Crippen LogP contribution in [0.15, 0.2) is 42.6 Å². The summed E-state index contributed by atoms with van der Waals surface area (Å²) in [7, 11) is 1.33. The van der Waals surface area contributed by atoms with Crippen molar-refractivity contribution in [1.82, 2.24) is 9.55 Å². The summed E-state index contributed by atoms with van der Waals surface area (Å²) >= 11 is 0. The fourth-order valence-corrected chi connectivity index (χ4v) is 4.25. The van der Waals surface area contributed by atoms with Crippen LogP contribution in [-0.2, 0) is 27.2 Å². The van der Waals surface area contributed by atoms with Gasteiger partial charge in [0.15, 0.2) is 5.69 Å². The Morgan fingerprint density at radius 2 is 2.11 bits per heavy atom. The summed E-state index contributed by atoms with van der Waals surface area (Å²) in [5.74, 6) is -1.01. The number of carbonyl (C=O) groups is 2. The van der Waals surface area contributed by atoms with Crippen LogP contribution < -0.4 is 10.6 Å². The van der Waals surface area contributed by atoms with Gasteiger partial charge in [0.2, 0.25) is 5.91 Å². The van der Waals surface area contributed by atoms with Gasteiger partial charge in [-0.2, -0.15) is 0 Å². The highest BCUT2D eigenvalue weighted by Gasteiger charge is 2.29. The third-order valence-electron chi connectivity index (χ3n) is 6.18. The van der Waals surface area contributed by atoms with E-state index in [2.05, 4.69) is 15.6 Å². The maximum Gasteiger partial charge on any atom is 0.356 e. The molecule has 35 heavy (non-hydrogen) atoms. The molecule has 0 bridgehead atoms. The summed E-state index contributed by atoms with van der Waals surface area (Å²) in [4.78, 5) is 30.7. The Labute approximate surface area is 204 Å². The third kappa shape index (κ3) is 5.80. The molecule has 1 aromatic carbocycles. The van der Waals surface area contributed by atoms with Gasteiger partial charge in [-0.3, -0.25) is 4.79 Å². The lowest BCUT2D eigenvalue weighted by atomic mass is 10.1. The quantitative estimate of drug-likeness (QED) is 0.382. The van der Waals surface area contributed by atoms with Crippen LogP contribution in [0.3, 0.4) is 0 Å². The molecule has 1 aliphatic rings. The number of aryl methyl sites for hydroxylation is 2. The SMILES string of the molecule is COC(=O)c1c(NC(=O)C2CCOC2)c2cc(NCCC(C)O)cnc2n1CCc1ccccc1. The molecule has 9 heteroatoms. The van der Waals surface area contributed by atoms with Gasteiger partial charge in [-0.25, -0.2) is 9.78 Å². The molecule has 2 unspecified atom stereocenters. The molecule has 0 radical (unpaired) electrons. The van der Waals surface area contributed by atoms with Gasteiger partial charge < -0.3 is 29.8 Å². The van der Waals surface area contributed by atoms with Crippen molar-refractivity contribution in [3.8, 4) is 0 Å². The number of nitrogens with one attached hydrogen (secondary N) is 2. The van der Waals surface area contributed by atoms with Crippen LogP contribution in [-0.4, -0.2) is 59.5 Å². The zero-order valence-corrected chi connectivity index (χ0v) is 20.1. The highest BCUT2D eigenvalue weighted by atomic mass is 16.5. The van der Waals surface area contributed by atoms with E-state index in [4.69, 9.17) is 9.47 Å². The molecule has 3 N–H and O–H groups in total. The first-order chi connectivity index (χ1) is 17.0. The number of anilines is 2. The normalized spacial score (nSPS) is 16.3. The molecule has 1 aliphatic heterocycles. The number of carbonyl (C=O) groups excluding carboxylic acids is 2. The first-order valence-electron chi connectivity index (χ1n) is 11.9. The highest BCUT2D eigenvalue weighted by Crippen LogP contribution is 2.33. The molecule has 0 spiro atoms. The minimum atomic E-state index is -0.544. The summed E-state index contributed by atoms with van der Waals surface area (Å²) in [6, 6.07) is 11.8. The Hall–Kier alpha value is -3.43. The number of aliphatic hydroxyl groups excluding tert-OH is 1. The van der Waals surface area contributed by atoms with E-state index >= 15 is 0 Å². The first kappa shape index (κ1) is 24.7. The Kier molecular flexibility index (Phi) is 7.99. The number of benzene rings is 1. The number of rotatable bonds is 10. The number of pyridine rings is 1. The number of fused-ring (bicyclic) bond motifs is 1. The number of amides is 1. The second kappa shape index (κ2) is 11.3. The Morgan fingerprint density at radius 1 is 1.31 bits per heavy atom. The number of nitrogens with zero attached hydrogens (tertiary/aromatic N) is 2. The van der Waals surface area contributed by atoms with Crippen molar-refractivity contribution in [2.75, 3.05) is 37.5 Å². The van der Waals surface area contributed by atoms with E-state index < -0.39 is 12.1 Å². The molecule has 3 heterocycles. The molecule has 1 amide bonds. The summed E-state index contributed by atoms with van der Waals surface area (Å²) < 4.78 is 12.3. The molecule has 0 saturated carbocycles. The number of methoxy groups -OCH3 is 1. The minimum absolute atomic E-state index is 0.192. The zero-order chi connectivity index (χ0) is 24.8. The number of esters is 1. The lowest BCUT2D eigenvalue weighted by Gasteiger charge is -2.12. The molecule has 2 aromatic heterocycles. The molecule has 186 valence electrons. The molecule has 4 rings (SSSR count). The van der Waals surface area contributed by atoms with Crippen LogP contribution in [0.4, 0.5) is 11.4 Å². The van der Waals surface area contributed by atoms with Crippen molar-refractivity contribution >= 4 is 34.3 Å². The Bertz CT molecular complexity index is 1170. The van der Waals surface area contributed by atoms with Crippen LogP contribution in [0.5, 0.6) is 0 Å². The van der Waals surface area contributed by atoms with Crippen molar-refractivity contribution in [3.63, 3.8) is 0 Å². The van der Waals surface area contributed by atoms with Gasteiger partial charge >= 0.3 is 5.97 Å². The number of hydrogen-bond acceptors (Lipinski definition) is 7. The van der Waals surface area contributed by atoms with E-state index in [-0.39, 0.29) is 17.5 Å². The largest absolute Gasteiger partial charge is 0.464 e. The number of ether oxygens (including phenoxy) is 2. The average molecular weight is 481 g/mol. The van der Waals surface area contributed by atoms with E-state index in [9.17, 15) is 14.7 Å². The van der Waals surface area contributed by atoms with E-state index in [1.54, 1.807) is 13.1 Å². The number of aromatic nitrogens is 2. The van der Waals surface area contributed by atoms with Gasteiger partial charge in [-0.15, -0.1) is 0 Å². The molecule has 2 atom stereocenters. The van der Waals surface area contributed by atoms with Crippen LogP contribution >= 0.6 is 0 Å². The molecule has 1 saturated heterocycles. The predicted octanol–water partition coefficient (Wildman–Crippen LogP) is 3.22. The van der Waals surface area contributed by atoms with E-state index in [0.717, 1.165) is 11.3 Å². The lowest BCUT2D eigenvalue weighted by Crippen LogP contribution is -2.24. The van der Waals surface area contributed by atoms with Gasteiger partial charge in [-0.05, 0) is 37.8 Å². The molecular formula is C26H32N4O5. The van der Waals surface area contributed by atoms with Crippen LogP contribution in [0, 0.1) is 5.92 Å². The summed E-state index contributed by atoms with van der Waals surface area (Å²) in [6.45, 7) is 3.68. The maximum atomic E-state index is 13.0. The first-order valence-corrected chi connectivity index (χ1v) is 11.9. The standard InChI is InChI=1S/C26H32N4O5/c1-17(31)8-11-27-20-14-21-22(29-25(32)19-10-13-35-16-19)23(26(33)34-2)30(24(21)28-15-20)12-9-18-6-4-3-5-7-18/h3-7,14-15,17,19,27,31H,8-13,16H2,1-2H3,(H,29,32).